The summed E-state index contributed by atoms with van der Waals surface area (Å²) in [5.41, 5.74) is 1.02. The molecule has 0 saturated carbocycles. The van der Waals surface area contributed by atoms with Crippen molar-refractivity contribution >= 4 is 5.82 Å². The van der Waals surface area contributed by atoms with Crippen molar-refractivity contribution in [3.05, 3.63) is 24.2 Å². The maximum atomic E-state index is 4.20. The molecular formula is C8H12N6. The summed E-state index contributed by atoms with van der Waals surface area (Å²) in [5, 5.41) is 15.0. The van der Waals surface area contributed by atoms with E-state index in [2.05, 4.69) is 20.7 Å². The van der Waals surface area contributed by atoms with Crippen LogP contribution in [-0.4, -0.2) is 24.8 Å². The van der Waals surface area contributed by atoms with E-state index in [1.54, 1.807) is 15.6 Å². The van der Waals surface area contributed by atoms with Crippen molar-refractivity contribution in [2.24, 2.45) is 14.1 Å². The number of hydrogen-bond acceptors (Lipinski definition) is 4. The Morgan fingerprint density at radius 2 is 2.29 bits per heavy atom. The van der Waals surface area contributed by atoms with Crippen LogP contribution in [0, 0.1) is 0 Å². The van der Waals surface area contributed by atoms with Gasteiger partial charge in [-0.2, -0.15) is 5.10 Å². The molecule has 6 heteroatoms. The van der Waals surface area contributed by atoms with E-state index in [0.717, 1.165) is 11.5 Å². The first-order valence-corrected chi connectivity index (χ1v) is 4.33. The quantitative estimate of drug-likeness (QED) is 0.752. The van der Waals surface area contributed by atoms with Crippen molar-refractivity contribution in [1.82, 2.24) is 24.8 Å². The zero-order valence-corrected chi connectivity index (χ0v) is 8.18. The SMILES string of the molecule is Cn1ccc(NCc2cnnn2C)n1. The molecule has 0 fully saturated rings. The second kappa shape index (κ2) is 3.49. The van der Waals surface area contributed by atoms with E-state index in [1.807, 2.05) is 26.4 Å². The number of nitrogens with zero attached hydrogens (tertiary/aromatic N) is 5. The number of anilines is 1. The zero-order chi connectivity index (χ0) is 9.97. The highest BCUT2D eigenvalue weighted by atomic mass is 15.4. The number of rotatable bonds is 3. The van der Waals surface area contributed by atoms with Gasteiger partial charge in [0.25, 0.3) is 0 Å². The van der Waals surface area contributed by atoms with E-state index in [0.29, 0.717) is 6.54 Å². The molecule has 0 saturated heterocycles. The molecule has 0 spiro atoms. The van der Waals surface area contributed by atoms with Crippen LogP contribution in [-0.2, 0) is 20.6 Å². The average molecular weight is 192 g/mol. The van der Waals surface area contributed by atoms with Gasteiger partial charge in [0.2, 0.25) is 0 Å². The van der Waals surface area contributed by atoms with Crippen LogP contribution in [0.15, 0.2) is 18.5 Å². The molecule has 0 bridgehead atoms. The van der Waals surface area contributed by atoms with E-state index < -0.39 is 0 Å². The standard InChI is InChI=1S/C8H12N6/c1-13-4-3-8(11-13)9-5-7-6-10-12-14(7)2/h3-4,6H,5H2,1-2H3,(H,9,11). The van der Waals surface area contributed by atoms with Crippen LogP contribution in [0.4, 0.5) is 5.82 Å². The fraction of sp³-hybridized carbons (Fsp3) is 0.375. The van der Waals surface area contributed by atoms with E-state index in [-0.39, 0.29) is 0 Å². The molecule has 0 radical (unpaired) electrons. The van der Waals surface area contributed by atoms with Crippen molar-refractivity contribution in [1.29, 1.82) is 0 Å². The Balaban J connectivity index is 1.98. The van der Waals surface area contributed by atoms with Crippen LogP contribution in [0.5, 0.6) is 0 Å². The lowest BCUT2D eigenvalue weighted by Crippen LogP contribution is -2.06. The minimum absolute atomic E-state index is 0.681. The van der Waals surface area contributed by atoms with Crippen LogP contribution in [0.1, 0.15) is 5.69 Å². The van der Waals surface area contributed by atoms with E-state index in [4.69, 9.17) is 0 Å². The van der Waals surface area contributed by atoms with Crippen molar-refractivity contribution in [2.75, 3.05) is 5.32 Å². The Hall–Kier alpha value is -1.85. The molecule has 0 aliphatic carbocycles. The molecule has 0 aromatic carbocycles. The molecule has 6 nitrogen and oxygen atoms in total. The second-order valence-electron chi connectivity index (χ2n) is 3.08. The lowest BCUT2D eigenvalue weighted by Gasteiger charge is -2.01. The van der Waals surface area contributed by atoms with Crippen molar-refractivity contribution in [3.63, 3.8) is 0 Å². The predicted octanol–water partition coefficient (Wildman–Crippen LogP) is 0.161. The number of aryl methyl sites for hydroxylation is 2. The molecule has 0 amide bonds. The summed E-state index contributed by atoms with van der Waals surface area (Å²) >= 11 is 0. The molecule has 74 valence electrons. The molecule has 2 aromatic heterocycles. The lowest BCUT2D eigenvalue weighted by atomic mass is 10.4. The van der Waals surface area contributed by atoms with Gasteiger partial charge in [0, 0.05) is 26.4 Å². The molecule has 2 heterocycles. The molecule has 14 heavy (non-hydrogen) atoms. The number of aromatic nitrogens is 5. The Morgan fingerprint density at radius 1 is 1.43 bits per heavy atom. The monoisotopic (exact) mass is 192 g/mol. The van der Waals surface area contributed by atoms with Gasteiger partial charge in [-0.3, -0.25) is 9.36 Å². The Bertz CT molecular complexity index is 415. The summed E-state index contributed by atoms with van der Waals surface area (Å²) in [6.45, 7) is 0.681. The van der Waals surface area contributed by atoms with Crippen LogP contribution >= 0.6 is 0 Å². The van der Waals surface area contributed by atoms with E-state index in [9.17, 15) is 0 Å². The fourth-order valence-electron chi connectivity index (χ4n) is 1.16. The van der Waals surface area contributed by atoms with Gasteiger partial charge in [0.1, 0.15) is 5.82 Å². The third-order valence-electron chi connectivity index (χ3n) is 1.97. The third kappa shape index (κ3) is 1.73. The van der Waals surface area contributed by atoms with Gasteiger partial charge >= 0.3 is 0 Å². The summed E-state index contributed by atoms with van der Waals surface area (Å²) in [7, 11) is 3.75. The smallest absolute Gasteiger partial charge is 0.148 e. The Kier molecular flexibility index (Phi) is 2.18. The predicted molar refractivity (Wildman–Crippen MR) is 51.5 cm³/mol. The molecule has 2 aromatic rings. The normalized spacial score (nSPS) is 10.4. The summed E-state index contributed by atoms with van der Waals surface area (Å²) in [6.07, 6.45) is 3.62. The van der Waals surface area contributed by atoms with Crippen LogP contribution in [0.3, 0.4) is 0 Å². The van der Waals surface area contributed by atoms with Gasteiger partial charge < -0.3 is 5.32 Å². The highest BCUT2D eigenvalue weighted by Crippen LogP contribution is 2.03. The highest BCUT2D eigenvalue weighted by molar-refractivity contribution is 5.32. The number of hydrogen-bond donors (Lipinski definition) is 1. The fourth-order valence-corrected chi connectivity index (χ4v) is 1.16. The Morgan fingerprint density at radius 3 is 2.86 bits per heavy atom. The first kappa shape index (κ1) is 8.74. The molecule has 2 rings (SSSR count). The lowest BCUT2D eigenvalue weighted by molar-refractivity contribution is 0.682. The molecule has 0 aliphatic rings. The average Bonchev–Trinajstić information content (AvgIpc) is 2.72. The molecule has 0 aliphatic heterocycles. The summed E-state index contributed by atoms with van der Waals surface area (Å²) in [5.74, 6) is 0.855. The zero-order valence-electron chi connectivity index (χ0n) is 8.18. The largest absolute Gasteiger partial charge is 0.363 e. The van der Waals surface area contributed by atoms with Gasteiger partial charge in [-0.05, 0) is 0 Å². The van der Waals surface area contributed by atoms with Crippen LogP contribution in [0.25, 0.3) is 0 Å². The van der Waals surface area contributed by atoms with E-state index in [1.165, 1.54) is 0 Å². The van der Waals surface area contributed by atoms with Gasteiger partial charge in [0.05, 0.1) is 18.4 Å². The minimum Gasteiger partial charge on any atom is -0.363 e. The first-order chi connectivity index (χ1) is 6.75. The van der Waals surface area contributed by atoms with Gasteiger partial charge in [0.15, 0.2) is 0 Å². The maximum Gasteiger partial charge on any atom is 0.148 e. The van der Waals surface area contributed by atoms with Gasteiger partial charge in [-0.25, -0.2) is 0 Å². The van der Waals surface area contributed by atoms with Crippen molar-refractivity contribution in [3.8, 4) is 0 Å². The first-order valence-electron chi connectivity index (χ1n) is 4.33. The summed E-state index contributed by atoms with van der Waals surface area (Å²) in [4.78, 5) is 0. The van der Waals surface area contributed by atoms with Crippen molar-refractivity contribution in [2.45, 2.75) is 6.54 Å². The van der Waals surface area contributed by atoms with E-state index >= 15 is 0 Å². The molecule has 0 atom stereocenters. The molecule has 0 unspecified atom stereocenters. The highest BCUT2D eigenvalue weighted by Gasteiger charge is 2.00. The summed E-state index contributed by atoms with van der Waals surface area (Å²) in [6, 6.07) is 1.92. The Labute approximate surface area is 81.5 Å². The van der Waals surface area contributed by atoms with Crippen LogP contribution in [0.2, 0.25) is 0 Å². The maximum absolute atomic E-state index is 4.20. The summed E-state index contributed by atoms with van der Waals surface area (Å²) < 4.78 is 3.49. The minimum atomic E-state index is 0.681. The number of nitrogens with one attached hydrogen (secondary N) is 1. The molecular weight excluding hydrogens is 180 g/mol. The second-order valence-corrected chi connectivity index (χ2v) is 3.08. The van der Waals surface area contributed by atoms with Crippen molar-refractivity contribution < 1.29 is 0 Å². The topological polar surface area (TPSA) is 60.6 Å². The third-order valence-corrected chi connectivity index (χ3v) is 1.97. The van der Waals surface area contributed by atoms with Gasteiger partial charge in [-0.1, -0.05) is 5.21 Å². The molecule has 1 N–H and O–H groups in total. The van der Waals surface area contributed by atoms with Gasteiger partial charge in [-0.15, -0.1) is 5.10 Å². The van der Waals surface area contributed by atoms with Crippen LogP contribution < -0.4 is 5.32 Å².